The second-order valence-corrected chi connectivity index (χ2v) is 7.62. The normalized spacial score (nSPS) is 14.6. The summed E-state index contributed by atoms with van der Waals surface area (Å²) in [7, 11) is 3.04. The Kier molecular flexibility index (Phi) is 6.87. The molecule has 34 heavy (non-hydrogen) atoms. The second-order valence-electron chi connectivity index (χ2n) is 7.62. The van der Waals surface area contributed by atoms with Crippen molar-refractivity contribution in [1.82, 2.24) is 0 Å². The predicted octanol–water partition coefficient (Wildman–Crippen LogP) is 4.15. The molecule has 0 spiro atoms. The van der Waals surface area contributed by atoms with Crippen molar-refractivity contribution in [2.24, 2.45) is 0 Å². The van der Waals surface area contributed by atoms with Gasteiger partial charge in [-0.15, -0.1) is 0 Å². The molecule has 8 heteroatoms. The van der Waals surface area contributed by atoms with Crippen LogP contribution in [0.2, 0.25) is 0 Å². The maximum atomic E-state index is 12.8. The number of methoxy groups -OCH3 is 2. The molecule has 1 N–H and O–H groups in total. The summed E-state index contributed by atoms with van der Waals surface area (Å²) in [5.41, 5.74) is 1.51. The smallest absolute Gasteiger partial charge is 0.267 e. The standard InChI is InChI=1S/C26H26N2O6/c1-17-26(30)28(13-14-33-20-7-5-4-6-8-20)21-16-19(10-12-22(21)34-17)27-25(29)18-9-11-23(31-2)24(15-18)32-3/h4-12,15-17H,13-14H2,1-3H3,(H,27,29). The average molecular weight is 463 g/mol. The van der Waals surface area contributed by atoms with Crippen LogP contribution in [0.15, 0.2) is 66.7 Å². The zero-order chi connectivity index (χ0) is 24.1. The maximum absolute atomic E-state index is 12.8. The van der Waals surface area contributed by atoms with Crippen molar-refractivity contribution in [3.8, 4) is 23.0 Å². The molecule has 1 atom stereocenters. The summed E-state index contributed by atoms with van der Waals surface area (Å²) in [6.45, 7) is 2.36. The molecular weight excluding hydrogens is 436 g/mol. The van der Waals surface area contributed by atoms with Gasteiger partial charge in [0.2, 0.25) is 0 Å². The van der Waals surface area contributed by atoms with Crippen molar-refractivity contribution in [2.45, 2.75) is 13.0 Å². The van der Waals surface area contributed by atoms with Crippen molar-refractivity contribution in [2.75, 3.05) is 37.6 Å². The summed E-state index contributed by atoms with van der Waals surface area (Å²) in [6.07, 6.45) is -0.614. The number of amides is 2. The summed E-state index contributed by atoms with van der Waals surface area (Å²) >= 11 is 0. The van der Waals surface area contributed by atoms with Gasteiger partial charge in [0, 0.05) is 11.3 Å². The Morgan fingerprint density at radius 2 is 1.76 bits per heavy atom. The molecule has 0 saturated carbocycles. The lowest BCUT2D eigenvalue weighted by Gasteiger charge is -2.33. The van der Waals surface area contributed by atoms with Crippen LogP contribution < -0.4 is 29.2 Å². The minimum absolute atomic E-state index is 0.174. The van der Waals surface area contributed by atoms with Gasteiger partial charge in [-0.05, 0) is 55.5 Å². The molecule has 0 radical (unpaired) electrons. The summed E-state index contributed by atoms with van der Waals surface area (Å²) < 4.78 is 22.0. The Balaban J connectivity index is 1.52. The molecule has 3 aromatic carbocycles. The second kappa shape index (κ2) is 10.2. The van der Waals surface area contributed by atoms with Gasteiger partial charge in [-0.3, -0.25) is 9.59 Å². The molecule has 176 valence electrons. The Hall–Kier alpha value is -4.20. The van der Waals surface area contributed by atoms with E-state index in [1.165, 1.54) is 14.2 Å². The first-order valence-corrected chi connectivity index (χ1v) is 10.8. The van der Waals surface area contributed by atoms with E-state index < -0.39 is 6.10 Å². The van der Waals surface area contributed by atoms with E-state index in [1.54, 1.807) is 48.2 Å². The third kappa shape index (κ3) is 4.91. The quantitative estimate of drug-likeness (QED) is 0.541. The Labute approximate surface area is 198 Å². The van der Waals surface area contributed by atoms with Gasteiger partial charge in [-0.1, -0.05) is 18.2 Å². The molecule has 1 aliphatic heterocycles. The van der Waals surface area contributed by atoms with Crippen LogP contribution in [0.5, 0.6) is 23.0 Å². The van der Waals surface area contributed by atoms with E-state index in [-0.39, 0.29) is 11.8 Å². The number of ether oxygens (including phenoxy) is 4. The Morgan fingerprint density at radius 1 is 1.00 bits per heavy atom. The number of carbonyl (C=O) groups is 2. The molecule has 1 aliphatic rings. The van der Waals surface area contributed by atoms with Gasteiger partial charge < -0.3 is 29.2 Å². The minimum atomic E-state index is -0.614. The molecule has 0 aliphatic carbocycles. The zero-order valence-corrected chi connectivity index (χ0v) is 19.2. The number of nitrogens with one attached hydrogen (secondary N) is 1. The number of anilines is 2. The fourth-order valence-corrected chi connectivity index (χ4v) is 3.67. The largest absolute Gasteiger partial charge is 0.493 e. The van der Waals surface area contributed by atoms with Crippen LogP contribution in [0, 0.1) is 0 Å². The fourth-order valence-electron chi connectivity index (χ4n) is 3.67. The Bertz CT molecular complexity index is 1180. The lowest BCUT2D eigenvalue weighted by Crippen LogP contribution is -2.46. The van der Waals surface area contributed by atoms with E-state index in [4.69, 9.17) is 18.9 Å². The summed E-state index contributed by atoms with van der Waals surface area (Å²) in [6, 6.07) is 19.5. The molecule has 2 amide bonds. The fraction of sp³-hybridized carbons (Fsp3) is 0.231. The predicted molar refractivity (Wildman–Crippen MR) is 128 cm³/mol. The zero-order valence-electron chi connectivity index (χ0n) is 19.2. The number of fused-ring (bicyclic) bond motifs is 1. The molecule has 1 heterocycles. The number of hydrogen-bond acceptors (Lipinski definition) is 6. The number of para-hydroxylation sites is 1. The SMILES string of the molecule is COc1ccc(C(=O)Nc2ccc3c(c2)N(CCOc2ccccc2)C(=O)C(C)O3)cc1OC. The van der Waals surface area contributed by atoms with Crippen LogP contribution in [-0.4, -0.2) is 45.3 Å². The van der Waals surface area contributed by atoms with Crippen LogP contribution in [0.1, 0.15) is 17.3 Å². The molecule has 1 unspecified atom stereocenters. The van der Waals surface area contributed by atoms with Gasteiger partial charge >= 0.3 is 0 Å². The van der Waals surface area contributed by atoms with Crippen molar-refractivity contribution in [3.05, 3.63) is 72.3 Å². The van der Waals surface area contributed by atoms with Crippen LogP contribution in [0.25, 0.3) is 0 Å². The molecule has 0 fully saturated rings. The Morgan fingerprint density at radius 3 is 2.50 bits per heavy atom. The highest BCUT2D eigenvalue weighted by atomic mass is 16.5. The van der Waals surface area contributed by atoms with E-state index in [0.29, 0.717) is 47.3 Å². The van der Waals surface area contributed by atoms with Crippen molar-refractivity contribution < 1.29 is 28.5 Å². The maximum Gasteiger partial charge on any atom is 0.267 e. The van der Waals surface area contributed by atoms with Gasteiger partial charge in [-0.25, -0.2) is 0 Å². The highest BCUT2D eigenvalue weighted by molar-refractivity contribution is 6.06. The lowest BCUT2D eigenvalue weighted by molar-refractivity contribution is -0.125. The van der Waals surface area contributed by atoms with Crippen molar-refractivity contribution >= 4 is 23.2 Å². The highest BCUT2D eigenvalue weighted by Gasteiger charge is 2.31. The molecular formula is C26H26N2O6. The highest BCUT2D eigenvalue weighted by Crippen LogP contribution is 2.36. The molecule has 3 aromatic rings. The third-order valence-electron chi connectivity index (χ3n) is 5.40. The van der Waals surface area contributed by atoms with Gasteiger partial charge in [0.1, 0.15) is 18.1 Å². The van der Waals surface area contributed by atoms with E-state index in [1.807, 2.05) is 30.3 Å². The number of nitrogens with zero attached hydrogens (tertiary/aromatic N) is 1. The first-order chi connectivity index (χ1) is 16.5. The van der Waals surface area contributed by atoms with E-state index in [9.17, 15) is 9.59 Å². The van der Waals surface area contributed by atoms with Crippen LogP contribution in [-0.2, 0) is 4.79 Å². The lowest BCUT2D eigenvalue weighted by atomic mass is 10.1. The average Bonchev–Trinajstić information content (AvgIpc) is 2.86. The van der Waals surface area contributed by atoms with Crippen molar-refractivity contribution in [1.29, 1.82) is 0 Å². The van der Waals surface area contributed by atoms with Crippen LogP contribution in [0.4, 0.5) is 11.4 Å². The minimum Gasteiger partial charge on any atom is -0.493 e. The third-order valence-corrected chi connectivity index (χ3v) is 5.40. The monoisotopic (exact) mass is 462 g/mol. The molecule has 0 bridgehead atoms. The number of carbonyl (C=O) groups excluding carboxylic acids is 2. The summed E-state index contributed by atoms with van der Waals surface area (Å²) in [5.74, 6) is 1.79. The van der Waals surface area contributed by atoms with E-state index in [2.05, 4.69) is 5.32 Å². The molecule has 8 nitrogen and oxygen atoms in total. The first kappa shape index (κ1) is 23.0. The number of benzene rings is 3. The molecule has 4 rings (SSSR count). The van der Waals surface area contributed by atoms with E-state index in [0.717, 1.165) is 5.75 Å². The first-order valence-electron chi connectivity index (χ1n) is 10.8. The van der Waals surface area contributed by atoms with Gasteiger partial charge in [-0.2, -0.15) is 0 Å². The molecule has 0 saturated heterocycles. The molecule has 0 aromatic heterocycles. The number of hydrogen-bond donors (Lipinski definition) is 1. The topological polar surface area (TPSA) is 86.3 Å². The summed E-state index contributed by atoms with van der Waals surface area (Å²) in [4.78, 5) is 27.3. The van der Waals surface area contributed by atoms with E-state index >= 15 is 0 Å². The number of rotatable bonds is 8. The van der Waals surface area contributed by atoms with Crippen LogP contribution >= 0.6 is 0 Å². The summed E-state index contributed by atoms with van der Waals surface area (Å²) in [5, 5.41) is 2.87. The van der Waals surface area contributed by atoms with Gasteiger partial charge in [0.25, 0.3) is 11.8 Å². The van der Waals surface area contributed by atoms with Gasteiger partial charge in [0.05, 0.1) is 26.5 Å². The van der Waals surface area contributed by atoms with Crippen LogP contribution in [0.3, 0.4) is 0 Å². The van der Waals surface area contributed by atoms with Crippen molar-refractivity contribution in [3.63, 3.8) is 0 Å². The van der Waals surface area contributed by atoms with Gasteiger partial charge in [0.15, 0.2) is 17.6 Å².